The number of carboxylic acids is 1. The first kappa shape index (κ1) is 13.2. The third-order valence-corrected chi connectivity index (χ3v) is 2.41. The molecule has 0 aliphatic rings. The maximum atomic E-state index is 11.0. The maximum absolute atomic E-state index is 11.0. The Labute approximate surface area is 100 Å². The smallest absolute Gasteiger partial charge is 0.344 e. The van der Waals surface area contributed by atoms with Gasteiger partial charge in [-0.25, -0.2) is 4.79 Å². The summed E-state index contributed by atoms with van der Waals surface area (Å²) in [5.74, 6) is -0.676. The van der Waals surface area contributed by atoms with Gasteiger partial charge in [0.25, 0.3) is 0 Å². The van der Waals surface area contributed by atoms with Crippen molar-refractivity contribution in [2.24, 2.45) is 0 Å². The highest BCUT2D eigenvalue weighted by atomic mass is 16.5. The van der Waals surface area contributed by atoms with E-state index in [2.05, 4.69) is 0 Å². The number of carboxylic acid groups (broad SMARTS) is 1. The third kappa shape index (κ3) is 3.90. The van der Waals surface area contributed by atoms with E-state index in [1.807, 2.05) is 6.92 Å². The Hall–Kier alpha value is -1.84. The lowest BCUT2D eigenvalue weighted by molar-refractivity contribution is -0.145. The highest BCUT2D eigenvalue weighted by molar-refractivity contribution is 5.80. The van der Waals surface area contributed by atoms with Gasteiger partial charge < -0.3 is 9.84 Å². The highest BCUT2D eigenvalue weighted by Gasteiger charge is 2.19. The van der Waals surface area contributed by atoms with Crippen molar-refractivity contribution in [3.05, 3.63) is 29.8 Å². The Morgan fingerprint density at radius 3 is 2.76 bits per heavy atom. The molecule has 0 aliphatic carbocycles. The second kappa shape index (κ2) is 6.68. The number of aliphatic carboxylic acids is 1. The zero-order valence-corrected chi connectivity index (χ0v) is 9.76. The Kier molecular flexibility index (Phi) is 5.20. The van der Waals surface area contributed by atoms with Crippen LogP contribution in [0.15, 0.2) is 24.3 Å². The largest absolute Gasteiger partial charge is 0.479 e. The van der Waals surface area contributed by atoms with Crippen LogP contribution in [0.4, 0.5) is 0 Å². The lowest BCUT2D eigenvalue weighted by Crippen LogP contribution is -2.27. The van der Waals surface area contributed by atoms with Gasteiger partial charge in [0.05, 0.1) is 5.56 Å². The molecule has 1 atom stereocenters. The molecule has 0 saturated carbocycles. The zero-order valence-electron chi connectivity index (χ0n) is 9.76. The molecule has 0 bridgehead atoms. The molecule has 92 valence electrons. The van der Waals surface area contributed by atoms with Crippen LogP contribution in [0.25, 0.3) is 0 Å². The summed E-state index contributed by atoms with van der Waals surface area (Å²) < 4.78 is 5.37. The fourth-order valence-corrected chi connectivity index (χ4v) is 1.46. The molecular weight excluding hydrogens is 220 g/mol. The molecule has 0 saturated heterocycles. The topological polar surface area (TPSA) is 63.6 Å². The van der Waals surface area contributed by atoms with Gasteiger partial charge in [-0.1, -0.05) is 25.5 Å². The van der Waals surface area contributed by atoms with Gasteiger partial charge >= 0.3 is 5.97 Å². The van der Waals surface area contributed by atoms with Gasteiger partial charge in [-0.05, 0) is 25.0 Å². The van der Waals surface area contributed by atoms with Gasteiger partial charge in [-0.15, -0.1) is 0 Å². The number of ether oxygens (including phenoxy) is 1. The van der Waals surface area contributed by atoms with Crippen LogP contribution in [0.1, 0.15) is 36.5 Å². The lowest BCUT2D eigenvalue weighted by Gasteiger charge is -2.15. The number of hydrogen-bond acceptors (Lipinski definition) is 3. The average molecular weight is 236 g/mol. The Bertz CT molecular complexity index is 387. The van der Waals surface area contributed by atoms with Crippen LogP contribution >= 0.6 is 0 Å². The molecule has 4 nitrogen and oxygen atoms in total. The summed E-state index contributed by atoms with van der Waals surface area (Å²) in [4.78, 5) is 21.8. The number of unbranched alkanes of at least 4 members (excludes halogenated alkanes) is 1. The molecule has 0 aliphatic heterocycles. The van der Waals surface area contributed by atoms with E-state index in [1.165, 1.54) is 0 Å². The van der Waals surface area contributed by atoms with E-state index in [0.717, 1.165) is 12.8 Å². The van der Waals surface area contributed by atoms with Crippen LogP contribution in [-0.4, -0.2) is 23.5 Å². The number of hydrogen-bond donors (Lipinski definition) is 1. The number of para-hydroxylation sites is 1. The predicted octanol–water partition coefficient (Wildman–Crippen LogP) is 2.52. The normalized spacial score (nSPS) is 11.8. The Morgan fingerprint density at radius 2 is 2.18 bits per heavy atom. The van der Waals surface area contributed by atoms with Gasteiger partial charge in [-0.3, -0.25) is 4.79 Å². The summed E-state index contributed by atoms with van der Waals surface area (Å²) in [6.45, 7) is 1.98. The molecule has 0 amide bonds. The molecule has 0 aromatic heterocycles. The van der Waals surface area contributed by atoms with E-state index in [-0.39, 0.29) is 0 Å². The molecule has 4 heteroatoms. The lowest BCUT2D eigenvalue weighted by atomic mass is 10.1. The molecule has 0 spiro atoms. The van der Waals surface area contributed by atoms with Crippen molar-refractivity contribution in [3.8, 4) is 5.75 Å². The number of aldehydes is 1. The Morgan fingerprint density at radius 1 is 1.47 bits per heavy atom. The van der Waals surface area contributed by atoms with E-state index in [0.29, 0.717) is 24.0 Å². The van der Waals surface area contributed by atoms with Crippen LogP contribution in [0.5, 0.6) is 5.75 Å². The first-order valence-electron chi connectivity index (χ1n) is 5.62. The van der Waals surface area contributed by atoms with Crippen LogP contribution in [0, 0.1) is 0 Å². The number of carbonyl (C=O) groups is 2. The van der Waals surface area contributed by atoms with Gasteiger partial charge in [0.2, 0.25) is 0 Å². The van der Waals surface area contributed by atoms with Gasteiger partial charge in [0.15, 0.2) is 12.4 Å². The highest BCUT2D eigenvalue weighted by Crippen LogP contribution is 2.19. The van der Waals surface area contributed by atoms with Crippen molar-refractivity contribution >= 4 is 12.3 Å². The molecule has 0 radical (unpaired) electrons. The van der Waals surface area contributed by atoms with Crippen molar-refractivity contribution in [2.75, 3.05) is 0 Å². The molecule has 0 heterocycles. The first-order chi connectivity index (χ1) is 8.19. The van der Waals surface area contributed by atoms with Crippen molar-refractivity contribution < 1.29 is 19.4 Å². The summed E-state index contributed by atoms with van der Waals surface area (Å²) in [5.41, 5.74) is 0.371. The second-order valence-electron chi connectivity index (χ2n) is 3.74. The minimum atomic E-state index is -1.00. The zero-order chi connectivity index (χ0) is 12.7. The second-order valence-corrected chi connectivity index (χ2v) is 3.74. The average Bonchev–Trinajstić information content (AvgIpc) is 2.34. The van der Waals surface area contributed by atoms with Crippen LogP contribution in [0.3, 0.4) is 0 Å². The summed E-state index contributed by atoms with van der Waals surface area (Å²) in [7, 11) is 0. The van der Waals surface area contributed by atoms with Crippen LogP contribution in [-0.2, 0) is 4.79 Å². The summed E-state index contributed by atoms with van der Waals surface area (Å²) in [5, 5.41) is 9.01. The fraction of sp³-hybridized carbons (Fsp3) is 0.385. The predicted molar refractivity (Wildman–Crippen MR) is 63.4 cm³/mol. The Balaban J connectivity index is 2.78. The molecule has 0 fully saturated rings. The summed E-state index contributed by atoms with van der Waals surface area (Å²) in [6.07, 6.45) is 1.89. The van der Waals surface area contributed by atoms with E-state index in [9.17, 15) is 9.59 Å². The molecule has 1 aromatic carbocycles. The number of rotatable bonds is 7. The van der Waals surface area contributed by atoms with Crippen molar-refractivity contribution in [3.63, 3.8) is 0 Å². The van der Waals surface area contributed by atoms with Crippen molar-refractivity contribution in [1.82, 2.24) is 0 Å². The molecule has 1 N–H and O–H groups in total. The van der Waals surface area contributed by atoms with E-state index in [1.54, 1.807) is 24.3 Å². The molecule has 17 heavy (non-hydrogen) atoms. The molecule has 1 rings (SSSR count). The molecule has 1 aromatic rings. The van der Waals surface area contributed by atoms with E-state index >= 15 is 0 Å². The standard InChI is InChI=1S/C13H16O4/c1-2-3-7-12(13(15)16)17-11-8-5-4-6-10(11)9-14/h4-6,8-9,12H,2-3,7H2,1H3,(H,15,16)/t12-/m0/s1. The fourth-order valence-electron chi connectivity index (χ4n) is 1.46. The molecule has 0 unspecified atom stereocenters. The minimum absolute atomic E-state index is 0.325. The van der Waals surface area contributed by atoms with Crippen LogP contribution < -0.4 is 4.74 Å². The SMILES string of the molecule is CCCC[C@H](Oc1ccccc1C=O)C(=O)O. The maximum Gasteiger partial charge on any atom is 0.344 e. The summed E-state index contributed by atoms with van der Waals surface area (Å²) in [6, 6.07) is 6.62. The van der Waals surface area contributed by atoms with Gasteiger partial charge in [0, 0.05) is 0 Å². The monoisotopic (exact) mass is 236 g/mol. The first-order valence-corrected chi connectivity index (χ1v) is 5.62. The third-order valence-electron chi connectivity index (χ3n) is 2.41. The number of benzene rings is 1. The van der Waals surface area contributed by atoms with E-state index in [4.69, 9.17) is 9.84 Å². The summed E-state index contributed by atoms with van der Waals surface area (Å²) >= 11 is 0. The minimum Gasteiger partial charge on any atom is -0.479 e. The van der Waals surface area contributed by atoms with E-state index < -0.39 is 12.1 Å². The van der Waals surface area contributed by atoms with Gasteiger partial charge in [-0.2, -0.15) is 0 Å². The molecular formula is C13H16O4. The van der Waals surface area contributed by atoms with Crippen molar-refractivity contribution in [1.29, 1.82) is 0 Å². The quantitative estimate of drug-likeness (QED) is 0.739. The van der Waals surface area contributed by atoms with Gasteiger partial charge in [0.1, 0.15) is 5.75 Å². The van der Waals surface area contributed by atoms with Crippen molar-refractivity contribution in [2.45, 2.75) is 32.3 Å². The van der Waals surface area contributed by atoms with Crippen LogP contribution in [0.2, 0.25) is 0 Å². The number of carbonyl (C=O) groups excluding carboxylic acids is 1.